The average molecular weight is 543 g/mol. The average Bonchev–Trinajstić information content (AvgIpc) is 2.85. The summed E-state index contributed by atoms with van der Waals surface area (Å²) in [5, 5.41) is 20.6. The number of benzene rings is 1. The number of hydrogen-bond donors (Lipinski definition) is 4. The lowest BCUT2D eigenvalue weighted by molar-refractivity contribution is -0.133. The molecule has 1 saturated carbocycles. The molecule has 8 nitrogen and oxygen atoms in total. The van der Waals surface area contributed by atoms with E-state index in [1.54, 1.807) is 0 Å². The standard InChI is InChI=1S/C31H50N4O4/c1-20(2)28(32-21(3)36)30(39)33-25(16-22-12-8-7-9-13-22)27(37)19-35-18-24-15-11-10-14-23(24)17-26(35)29(38)34-31(4,5)6/h7-9,12-13,20,23-28,37H,10-11,14-19H2,1-6H3,(H,32,36)(H,33,39)(H,34,38)/t23?,24?,25-,26-,27+,28-/m0/s1. The van der Waals surface area contributed by atoms with Crippen molar-refractivity contribution in [1.29, 1.82) is 0 Å². The van der Waals surface area contributed by atoms with E-state index in [0.29, 0.717) is 18.3 Å². The Kier molecular flexibility index (Phi) is 11.0. The van der Waals surface area contributed by atoms with Gasteiger partial charge in [-0.15, -0.1) is 0 Å². The van der Waals surface area contributed by atoms with Gasteiger partial charge in [-0.05, 0) is 63.4 Å². The number of carbonyl (C=O) groups excluding carboxylic acids is 3. The number of aliphatic hydroxyl groups excluding tert-OH is 1. The second kappa shape index (κ2) is 13.8. The monoisotopic (exact) mass is 542 g/mol. The number of hydrogen-bond acceptors (Lipinski definition) is 5. The van der Waals surface area contributed by atoms with Crippen LogP contribution >= 0.6 is 0 Å². The maximum atomic E-state index is 13.4. The number of likely N-dealkylation sites (tertiary alicyclic amines) is 1. The zero-order chi connectivity index (χ0) is 28.7. The van der Waals surface area contributed by atoms with Gasteiger partial charge in [0.05, 0.1) is 18.2 Å². The SMILES string of the molecule is CC(=O)N[C@H](C(=O)N[C@@H](Cc1ccccc1)[C@H](O)CN1CC2CCCCC2C[C@H]1C(=O)NC(C)(C)C)C(C)C. The van der Waals surface area contributed by atoms with Crippen molar-refractivity contribution in [1.82, 2.24) is 20.9 Å². The van der Waals surface area contributed by atoms with Gasteiger partial charge < -0.3 is 21.1 Å². The molecule has 1 aliphatic carbocycles. The Hall–Kier alpha value is -2.45. The topological polar surface area (TPSA) is 111 Å². The number of nitrogens with one attached hydrogen (secondary N) is 3. The molecule has 2 unspecified atom stereocenters. The van der Waals surface area contributed by atoms with Crippen LogP contribution in [-0.4, -0.2) is 70.6 Å². The van der Waals surface area contributed by atoms with Crippen LogP contribution in [0.25, 0.3) is 0 Å². The molecule has 0 aromatic heterocycles. The quantitative estimate of drug-likeness (QED) is 0.363. The maximum absolute atomic E-state index is 13.4. The molecule has 0 spiro atoms. The van der Waals surface area contributed by atoms with Crippen molar-refractivity contribution in [3.8, 4) is 0 Å². The molecule has 3 amide bonds. The van der Waals surface area contributed by atoms with Gasteiger partial charge in [-0.3, -0.25) is 19.3 Å². The van der Waals surface area contributed by atoms with E-state index >= 15 is 0 Å². The summed E-state index contributed by atoms with van der Waals surface area (Å²) < 4.78 is 0. The van der Waals surface area contributed by atoms with Gasteiger partial charge in [-0.2, -0.15) is 0 Å². The van der Waals surface area contributed by atoms with Gasteiger partial charge >= 0.3 is 0 Å². The summed E-state index contributed by atoms with van der Waals surface area (Å²) in [5.41, 5.74) is 0.653. The summed E-state index contributed by atoms with van der Waals surface area (Å²) in [7, 11) is 0. The molecular weight excluding hydrogens is 492 g/mol. The Balaban J connectivity index is 1.82. The first-order chi connectivity index (χ1) is 18.3. The molecule has 3 rings (SSSR count). The number of amides is 3. The second-order valence-electron chi connectivity index (χ2n) is 13.0. The summed E-state index contributed by atoms with van der Waals surface area (Å²) >= 11 is 0. The zero-order valence-corrected chi connectivity index (χ0v) is 24.7. The minimum atomic E-state index is -0.899. The molecule has 2 fully saturated rings. The lowest BCUT2D eigenvalue weighted by Gasteiger charge is -2.47. The van der Waals surface area contributed by atoms with Crippen molar-refractivity contribution >= 4 is 17.7 Å². The lowest BCUT2D eigenvalue weighted by Crippen LogP contribution is -2.61. The number of fused-ring (bicyclic) bond motifs is 1. The predicted molar refractivity (Wildman–Crippen MR) is 154 cm³/mol. The molecule has 1 saturated heterocycles. The molecule has 2 aliphatic rings. The Bertz CT molecular complexity index is 961. The molecule has 4 N–H and O–H groups in total. The van der Waals surface area contributed by atoms with Crippen LogP contribution in [0.5, 0.6) is 0 Å². The molecule has 6 atom stereocenters. The van der Waals surface area contributed by atoms with Crippen LogP contribution in [0.2, 0.25) is 0 Å². The normalized spacial score (nSPS) is 24.3. The van der Waals surface area contributed by atoms with Crippen LogP contribution in [0, 0.1) is 17.8 Å². The lowest BCUT2D eigenvalue weighted by atomic mass is 9.72. The van der Waals surface area contributed by atoms with Crippen molar-refractivity contribution in [3.63, 3.8) is 0 Å². The minimum absolute atomic E-state index is 0.00731. The Morgan fingerprint density at radius 2 is 1.67 bits per heavy atom. The highest BCUT2D eigenvalue weighted by molar-refractivity contribution is 5.87. The molecule has 8 heteroatoms. The van der Waals surface area contributed by atoms with E-state index in [9.17, 15) is 19.5 Å². The minimum Gasteiger partial charge on any atom is -0.390 e. The molecular formula is C31H50N4O4. The van der Waals surface area contributed by atoms with Gasteiger partial charge in [0.15, 0.2) is 0 Å². The highest BCUT2D eigenvalue weighted by Gasteiger charge is 2.42. The van der Waals surface area contributed by atoms with E-state index in [4.69, 9.17) is 0 Å². The molecule has 39 heavy (non-hydrogen) atoms. The van der Waals surface area contributed by atoms with Crippen LogP contribution in [0.4, 0.5) is 0 Å². The van der Waals surface area contributed by atoms with Crippen LogP contribution < -0.4 is 16.0 Å². The molecule has 1 aromatic rings. The highest BCUT2D eigenvalue weighted by atomic mass is 16.3. The Morgan fingerprint density at radius 3 is 2.26 bits per heavy atom. The van der Waals surface area contributed by atoms with Gasteiger partial charge in [-0.25, -0.2) is 0 Å². The summed E-state index contributed by atoms with van der Waals surface area (Å²) in [4.78, 5) is 40.7. The molecule has 218 valence electrons. The van der Waals surface area contributed by atoms with Crippen LogP contribution in [0.3, 0.4) is 0 Å². The van der Waals surface area contributed by atoms with Crippen molar-refractivity contribution < 1.29 is 19.5 Å². The summed E-state index contributed by atoms with van der Waals surface area (Å²) in [6, 6.07) is 8.19. The van der Waals surface area contributed by atoms with Gasteiger partial charge in [0, 0.05) is 25.6 Å². The first kappa shape index (κ1) is 31.1. The van der Waals surface area contributed by atoms with Crippen molar-refractivity contribution in [3.05, 3.63) is 35.9 Å². The van der Waals surface area contributed by atoms with E-state index < -0.39 is 18.2 Å². The number of carbonyl (C=O) groups is 3. The first-order valence-electron chi connectivity index (χ1n) is 14.7. The third-order valence-electron chi connectivity index (χ3n) is 8.12. The van der Waals surface area contributed by atoms with Gasteiger partial charge in [0.2, 0.25) is 17.7 Å². The van der Waals surface area contributed by atoms with Gasteiger partial charge in [0.25, 0.3) is 0 Å². The Labute approximate surface area is 234 Å². The smallest absolute Gasteiger partial charge is 0.243 e. The fourth-order valence-electron chi connectivity index (χ4n) is 6.17. The van der Waals surface area contributed by atoms with E-state index in [1.165, 1.54) is 19.8 Å². The summed E-state index contributed by atoms with van der Waals surface area (Å²) in [5.74, 6) is 0.372. The molecule has 0 radical (unpaired) electrons. The summed E-state index contributed by atoms with van der Waals surface area (Å²) in [6.07, 6.45) is 5.08. The predicted octanol–water partition coefficient (Wildman–Crippen LogP) is 3.03. The maximum Gasteiger partial charge on any atom is 0.243 e. The molecule has 1 aliphatic heterocycles. The number of nitrogens with zero attached hydrogens (tertiary/aromatic N) is 1. The van der Waals surface area contributed by atoms with Crippen LogP contribution in [0.1, 0.15) is 79.2 Å². The number of aliphatic hydroxyl groups is 1. The fraction of sp³-hybridized carbons (Fsp3) is 0.710. The van der Waals surface area contributed by atoms with E-state index in [1.807, 2.05) is 65.0 Å². The first-order valence-corrected chi connectivity index (χ1v) is 14.7. The van der Waals surface area contributed by atoms with Crippen LogP contribution in [0.15, 0.2) is 30.3 Å². The molecule has 1 heterocycles. The third kappa shape index (κ3) is 9.31. The molecule has 0 bridgehead atoms. The number of piperidine rings is 1. The number of β-amino-alcohol motifs (C(OH)–C–C–N with tert-alkyl or cyclic N) is 1. The van der Waals surface area contributed by atoms with Gasteiger partial charge in [0.1, 0.15) is 6.04 Å². The van der Waals surface area contributed by atoms with Crippen molar-refractivity contribution in [2.75, 3.05) is 13.1 Å². The molecule has 1 aromatic carbocycles. The van der Waals surface area contributed by atoms with Gasteiger partial charge in [-0.1, -0.05) is 63.4 Å². The Morgan fingerprint density at radius 1 is 1.03 bits per heavy atom. The number of rotatable bonds is 10. The largest absolute Gasteiger partial charge is 0.390 e. The van der Waals surface area contributed by atoms with E-state index in [0.717, 1.165) is 31.4 Å². The van der Waals surface area contributed by atoms with Crippen molar-refractivity contribution in [2.45, 2.75) is 110 Å². The second-order valence-corrected chi connectivity index (χ2v) is 13.0. The summed E-state index contributed by atoms with van der Waals surface area (Å²) in [6.45, 7) is 12.2. The zero-order valence-electron chi connectivity index (χ0n) is 24.7. The highest BCUT2D eigenvalue weighted by Crippen LogP contribution is 2.39. The van der Waals surface area contributed by atoms with Crippen molar-refractivity contribution in [2.24, 2.45) is 17.8 Å². The van der Waals surface area contributed by atoms with E-state index in [-0.39, 0.29) is 41.8 Å². The van der Waals surface area contributed by atoms with E-state index in [2.05, 4.69) is 20.9 Å². The van der Waals surface area contributed by atoms with Crippen LogP contribution in [-0.2, 0) is 20.8 Å². The fourth-order valence-corrected chi connectivity index (χ4v) is 6.17. The third-order valence-corrected chi connectivity index (χ3v) is 8.12.